The van der Waals surface area contributed by atoms with Crippen LogP contribution in [0.5, 0.6) is 0 Å². The predicted molar refractivity (Wildman–Crippen MR) is 77.1 cm³/mol. The molecule has 0 aromatic heterocycles. The molecule has 0 nitrogen and oxygen atoms in total. The third kappa shape index (κ3) is 4.36. The van der Waals surface area contributed by atoms with Crippen molar-refractivity contribution in [2.75, 3.05) is 0 Å². The highest BCUT2D eigenvalue weighted by molar-refractivity contribution is 9.10. The Balaban J connectivity index is 2.03. The summed E-state index contributed by atoms with van der Waals surface area (Å²) in [5.74, 6) is 0.550. The summed E-state index contributed by atoms with van der Waals surface area (Å²) < 4.78 is 14.1. The van der Waals surface area contributed by atoms with Crippen molar-refractivity contribution < 1.29 is 4.39 Å². The van der Waals surface area contributed by atoms with Gasteiger partial charge in [-0.05, 0) is 48.9 Å². The van der Waals surface area contributed by atoms with Gasteiger partial charge in [-0.15, -0.1) is 0 Å². The second-order valence-electron chi connectivity index (χ2n) is 4.97. The van der Waals surface area contributed by atoms with E-state index in [1.807, 2.05) is 6.07 Å². The van der Waals surface area contributed by atoms with Crippen molar-refractivity contribution in [2.45, 2.75) is 43.4 Å². The van der Waals surface area contributed by atoms with Gasteiger partial charge in [0, 0.05) is 9.30 Å². The lowest BCUT2D eigenvalue weighted by molar-refractivity contribution is 0.462. The summed E-state index contributed by atoms with van der Waals surface area (Å²) in [7, 11) is 0. The summed E-state index contributed by atoms with van der Waals surface area (Å²) in [6.07, 6.45) is 7.40. The second kappa shape index (κ2) is 6.33. The van der Waals surface area contributed by atoms with Gasteiger partial charge in [0.1, 0.15) is 5.82 Å². The SMILES string of the molecule is Fc1cc(Br)cc(CC2CCCCC(Br)C2)c1. The normalized spacial score (nSPS) is 25.6. The molecule has 0 radical (unpaired) electrons. The van der Waals surface area contributed by atoms with Gasteiger partial charge < -0.3 is 0 Å². The van der Waals surface area contributed by atoms with Gasteiger partial charge in [0.2, 0.25) is 0 Å². The lowest BCUT2D eigenvalue weighted by Crippen LogP contribution is -2.08. The van der Waals surface area contributed by atoms with E-state index in [1.165, 1.54) is 38.2 Å². The second-order valence-corrected chi connectivity index (χ2v) is 7.18. The maximum Gasteiger partial charge on any atom is 0.124 e. The van der Waals surface area contributed by atoms with Crippen LogP contribution >= 0.6 is 31.9 Å². The molecule has 17 heavy (non-hydrogen) atoms. The first-order valence-corrected chi connectivity index (χ1v) is 7.93. The maximum absolute atomic E-state index is 13.3. The van der Waals surface area contributed by atoms with Gasteiger partial charge in [-0.2, -0.15) is 0 Å². The van der Waals surface area contributed by atoms with E-state index in [2.05, 4.69) is 31.9 Å². The predicted octanol–water partition coefficient (Wildman–Crippen LogP) is 5.47. The fraction of sp³-hybridized carbons (Fsp3) is 0.571. The molecule has 0 saturated heterocycles. The first-order chi connectivity index (χ1) is 8.13. The van der Waals surface area contributed by atoms with Crippen molar-refractivity contribution >= 4 is 31.9 Å². The molecule has 2 atom stereocenters. The number of alkyl halides is 1. The Kier molecular flexibility index (Phi) is 5.04. The highest BCUT2D eigenvalue weighted by Crippen LogP contribution is 2.30. The van der Waals surface area contributed by atoms with Gasteiger partial charge in [-0.1, -0.05) is 51.1 Å². The molecule has 1 fully saturated rings. The molecule has 0 spiro atoms. The van der Waals surface area contributed by atoms with Crippen molar-refractivity contribution in [1.29, 1.82) is 0 Å². The Labute approximate surface area is 119 Å². The topological polar surface area (TPSA) is 0 Å². The number of benzene rings is 1. The molecule has 1 aromatic carbocycles. The van der Waals surface area contributed by atoms with Crippen LogP contribution in [-0.2, 0) is 6.42 Å². The molecule has 0 aliphatic heterocycles. The van der Waals surface area contributed by atoms with Gasteiger partial charge in [-0.3, -0.25) is 0 Å². The third-order valence-corrected chi connectivity index (χ3v) is 4.71. The molecule has 0 bridgehead atoms. The van der Waals surface area contributed by atoms with E-state index in [-0.39, 0.29) is 5.82 Å². The summed E-state index contributed by atoms with van der Waals surface area (Å²) in [5.41, 5.74) is 1.11. The molecule has 2 rings (SSSR count). The average molecular weight is 364 g/mol. The number of rotatable bonds is 2. The molecular weight excluding hydrogens is 347 g/mol. The van der Waals surface area contributed by atoms with Gasteiger partial charge in [0.25, 0.3) is 0 Å². The van der Waals surface area contributed by atoms with Crippen molar-refractivity contribution in [1.82, 2.24) is 0 Å². The van der Waals surface area contributed by atoms with Crippen molar-refractivity contribution in [3.63, 3.8) is 0 Å². The Morgan fingerprint density at radius 2 is 1.94 bits per heavy atom. The molecule has 1 saturated carbocycles. The van der Waals surface area contributed by atoms with E-state index in [9.17, 15) is 4.39 Å². The van der Waals surface area contributed by atoms with E-state index >= 15 is 0 Å². The summed E-state index contributed by atoms with van der Waals surface area (Å²) in [5, 5.41) is 0. The lowest BCUT2D eigenvalue weighted by atomic mass is 9.92. The molecule has 0 heterocycles. The van der Waals surface area contributed by atoms with E-state index in [0.717, 1.165) is 16.5 Å². The van der Waals surface area contributed by atoms with Gasteiger partial charge in [0.15, 0.2) is 0 Å². The van der Waals surface area contributed by atoms with Crippen LogP contribution < -0.4 is 0 Å². The molecule has 1 aliphatic carbocycles. The smallest absolute Gasteiger partial charge is 0.124 e. The van der Waals surface area contributed by atoms with Crippen LogP contribution in [0.3, 0.4) is 0 Å². The van der Waals surface area contributed by atoms with Crippen LogP contribution in [0.4, 0.5) is 4.39 Å². The summed E-state index contributed by atoms with van der Waals surface area (Å²) in [6.45, 7) is 0. The van der Waals surface area contributed by atoms with Crippen molar-refractivity contribution in [3.8, 4) is 0 Å². The Hall–Kier alpha value is 0.110. The summed E-state index contributed by atoms with van der Waals surface area (Å²) in [6, 6.07) is 5.22. The Morgan fingerprint density at radius 3 is 2.71 bits per heavy atom. The molecule has 1 aliphatic rings. The zero-order valence-electron chi connectivity index (χ0n) is 9.76. The fourth-order valence-electron chi connectivity index (χ4n) is 2.64. The minimum Gasteiger partial charge on any atom is -0.207 e. The minimum absolute atomic E-state index is 0.140. The largest absolute Gasteiger partial charge is 0.207 e. The fourth-order valence-corrected chi connectivity index (χ4v) is 4.01. The summed E-state index contributed by atoms with van der Waals surface area (Å²) >= 11 is 7.09. The highest BCUT2D eigenvalue weighted by Gasteiger charge is 2.18. The van der Waals surface area contributed by atoms with E-state index < -0.39 is 0 Å². The Morgan fingerprint density at radius 1 is 1.18 bits per heavy atom. The van der Waals surface area contributed by atoms with Gasteiger partial charge in [0.05, 0.1) is 0 Å². The minimum atomic E-state index is -0.140. The number of halogens is 3. The first kappa shape index (κ1) is 13.5. The quantitative estimate of drug-likeness (QED) is 0.482. The molecule has 2 unspecified atom stereocenters. The number of hydrogen-bond donors (Lipinski definition) is 0. The van der Waals surface area contributed by atoms with Crippen LogP contribution in [-0.4, -0.2) is 4.83 Å². The van der Waals surface area contributed by atoms with Crippen molar-refractivity contribution in [3.05, 3.63) is 34.1 Å². The molecule has 94 valence electrons. The number of hydrogen-bond acceptors (Lipinski definition) is 0. The molecule has 0 amide bonds. The van der Waals surface area contributed by atoms with E-state index in [4.69, 9.17) is 0 Å². The zero-order valence-corrected chi connectivity index (χ0v) is 12.9. The maximum atomic E-state index is 13.3. The van der Waals surface area contributed by atoms with Crippen LogP contribution in [0.25, 0.3) is 0 Å². The van der Waals surface area contributed by atoms with Gasteiger partial charge in [-0.25, -0.2) is 4.39 Å². The van der Waals surface area contributed by atoms with E-state index in [0.29, 0.717) is 10.7 Å². The van der Waals surface area contributed by atoms with Crippen LogP contribution in [0.1, 0.15) is 37.7 Å². The van der Waals surface area contributed by atoms with Crippen molar-refractivity contribution in [2.24, 2.45) is 5.92 Å². The molecule has 0 N–H and O–H groups in total. The highest BCUT2D eigenvalue weighted by atomic mass is 79.9. The zero-order chi connectivity index (χ0) is 12.3. The average Bonchev–Trinajstić information content (AvgIpc) is 2.41. The lowest BCUT2D eigenvalue weighted by Gasteiger charge is -2.16. The Bertz CT molecular complexity index is 358. The van der Waals surface area contributed by atoms with Crippen LogP contribution in [0.2, 0.25) is 0 Å². The van der Waals surface area contributed by atoms with Crippen LogP contribution in [0.15, 0.2) is 22.7 Å². The van der Waals surface area contributed by atoms with Crippen LogP contribution in [0, 0.1) is 11.7 Å². The molecular formula is C14H17Br2F. The third-order valence-electron chi connectivity index (χ3n) is 3.42. The van der Waals surface area contributed by atoms with E-state index in [1.54, 1.807) is 6.07 Å². The molecule has 3 heteroatoms. The molecule has 1 aromatic rings. The monoisotopic (exact) mass is 362 g/mol. The first-order valence-electron chi connectivity index (χ1n) is 6.22. The van der Waals surface area contributed by atoms with Gasteiger partial charge >= 0.3 is 0 Å². The summed E-state index contributed by atoms with van der Waals surface area (Å²) in [4.78, 5) is 0.645. The standard InChI is InChI=1S/C14H17Br2F/c15-12-4-2-1-3-10(6-12)5-11-7-13(16)9-14(17)8-11/h7-10,12H,1-6H2.